The number of carbonyl (C=O) groups excluding carboxylic acids is 1. The summed E-state index contributed by atoms with van der Waals surface area (Å²) >= 11 is 11.9. The quantitative estimate of drug-likeness (QED) is 0.922. The summed E-state index contributed by atoms with van der Waals surface area (Å²) in [5.74, 6) is -0.00884. The van der Waals surface area contributed by atoms with E-state index < -0.39 is 0 Å². The van der Waals surface area contributed by atoms with Gasteiger partial charge in [0.2, 0.25) is 0 Å². The predicted octanol–water partition coefficient (Wildman–Crippen LogP) is 4.08. The van der Waals surface area contributed by atoms with E-state index >= 15 is 0 Å². The Morgan fingerprint density at radius 1 is 1.33 bits per heavy atom. The average Bonchev–Trinajstić information content (AvgIpc) is 2.81. The van der Waals surface area contributed by atoms with Gasteiger partial charge in [-0.3, -0.25) is 4.79 Å². The predicted molar refractivity (Wildman–Crippen MR) is 71.1 cm³/mol. The molecule has 0 saturated heterocycles. The highest BCUT2D eigenvalue weighted by molar-refractivity contribution is 6.35. The number of nitrogens with one attached hydrogen (secondary N) is 1. The molecule has 0 fully saturated rings. The van der Waals surface area contributed by atoms with Gasteiger partial charge in [0.05, 0.1) is 12.3 Å². The topological polar surface area (TPSA) is 42.2 Å². The van der Waals surface area contributed by atoms with Crippen molar-refractivity contribution in [1.29, 1.82) is 0 Å². The van der Waals surface area contributed by atoms with Crippen LogP contribution < -0.4 is 5.32 Å². The first kappa shape index (κ1) is 13.0. The Balaban J connectivity index is 2.12. The zero-order valence-electron chi connectivity index (χ0n) is 9.61. The Morgan fingerprint density at radius 3 is 2.72 bits per heavy atom. The van der Waals surface area contributed by atoms with E-state index in [1.54, 1.807) is 30.3 Å². The standard InChI is InChI=1S/C13H11Cl2NO2/c1-8(10-5-4-9(14)7-11(10)15)16-13(17)12-3-2-6-18-12/h2-8H,1H3,(H,16,17). The third kappa shape index (κ3) is 2.86. The van der Waals surface area contributed by atoms with Crippen molar-refractivity contribution in [2.24, 2.45) is 0 Å². The number of rotatable bonds is 3. The summed E-state index contributed by atoms with van der Waals surface area (Å²) in [5, 5.41) is 3.88. The summed E-state index contributed by atoms with van der Waals surface area (Å²) in [7, 11) is 0. The van der Waals surface area contributed by atoms with Gasteiger partial charge < -0.3 is 9.73 Å². The molecule has 1 N–H and O–H groups in total. The molecule has 1 amide bonds. The first-order valence-corrected chi connectivity index (χ1v) is 6.13. The maximum atomic E-state index is 11.8. The van der Waals surface area contributed by atoms with Crippen molar-refractivity contribution >= 4 is 29.1 Å². The second kappa shape index (κ2) is 5.46. The molecule has 1 atom stereocenters. The second-order valence-corrected chi connectivity index (χ2v) is 4.68. The van der Waals surface area contributed by atoms with Crippen LogP contribution in [-0.4, -0.2) is 5.91 Å². The molecular formula is C13H11Cl2NO2. The lowest BCUT2D eigenvalue weighted by Gasteiger charge is -2.15. The molecule has 2 aromatic rings. The summed E-state index contributed by atoms with van der Waals surface area (Å²) in [6.45, 7) is 1.84. The lowest BCUT2D eigenvalue weighted by molar-refractivity contribution is 0.0912. The average molecular weight is 284 g/mol. The summed E-state index contributed by atoms with van der Waals surface area (Å²) in [5.41, 5.74) is 0.806. The molecule has 0 aliphatic rings. The Morgan fingerprint density at radius 2 is 2.11 bits per heavy atom. The summed E-state index contributed by atoms with van der Waals surface area (Å²) in [6.07, 6.45) is 1.45. The molecule has 3 nitrogen and oxygen atoms in total. The summed E-state index contributed by atoms with van der Waals surface area (Å²) in [4.78, 5) is 11.8. The number of hydrogen-bond donors (Lipinski definition) is 1. The van der Waals surface area contributed by atoms with E-state index in [2.05, 4.69) is 5.32 Å². The first-order chi connectivity index (χ1) is 8.58. The SMILES string of the molecule is CC(NC(=O)c1ccco1)c1ccc(Cl)cc1Cl. The molecule has 0 aliphatic heterocycles. The molecule has 5 heteroatoms. The van der Waals surface area contributed by atoms with Gasteiger partial charge in [-0.05, 0) is 36.8 Å². The molecular weight excluding hydrogens is 273 g/mol. The maximum absolute atomic E-state index is 11.8. The number of halogens is 2. The van der Waals surface area contributed by atoms with Gasteiger partial charge in [-0.1, -0.05) is 29.3 Å². The van der Waals surface area contributed by atoms with Crippen LogP contribution in [0, 0.1) is 0 Å². The lowest BCUT2D eigenvalue weighted by Crippen LogP contribution is -2.26. The van der Waals surface area contributed by atoms with Crippen molar-refractivity contribution in [3.05, 3.63) is 58.0 Å². The fourth-order valence-electron chi connectivity index (χ4n) is 1.61. The number of carbonyl (C=O) groups is 1. The molecule has 18 heavy (non-hydrogen) atoms. The molecule has 1 aromatic heterocycles. The number of hydrogen-bond acceptors (Lipinski definition) is 2. The second-order valence-electron chi connectivity index (χ2n) is 3.84. The van der Waals surface area contributed by atoms with E-state index in [4.69, 9.17) is 27.6 Å². The van der Waals surface area contributed by atoms with E-state index in [9.17, 15) is 4.79 Å². The molecule has 1 aromatic carbocycles. The minimum Gasteiger partial charge on any atom is -0.459 e. The van der Waals surface area contributed by atoms with Crippen LogP contribution in [0.5, 0.6) is 0 Å². The third-order valence-electron chi connectivity index (χ3n) is 2.52. The van der Waals surface area contributed by atoms with Crippen LogP contribution in [0.1, 0.15) is 29.1 Å². The van der Waals surface area contributed by atoms with E-state index in [0.717, 1.165) is 5.56 Å². The zero-order valence-corrected chi connectivity index (χ0v) is 11.1. The van der Waals surface area contributed by atoms with Gasteiger partial charge in [-0.25, -0.2) is 0 Å². The van der Waals surface area contributed by atoms with Crippen LogP contribution in [0.2, 0.25) is 10.0 Å². The van der Waals surface area contributed by atoms with Crippen LogP contribution >= 0.6 is 23.2 Å². The van der Waals surface area contributed by atoms with Crippen LogP contribution in [0.4, 0.5) is 0 Å². The van der Waals surface area contributed by atoms with Crippen LogP contribution in [0.3, 0.4) is 0 Å². The fourth-order valence-corrected chi connectivity index (χ4v) is 2.18. The molecule has 2 rings (SSSR count). The van der Waals surface area contributed by atoms with Gasteiger partial charge in [0.1, 0.15) is 0 Å². The monoisotopic (exact) mass is 283 g/mol. The highest BCUT2D eigenvalue weighted by Crippen LogP contribution is 2.26. The fraction of sp³-hybridized carbons (Fsp3) is 0.154. The van der Waals surface area contributed by atoms with Crippen molar-refractivity contribution in [2.45, 2.75) is 13.0 Å². The Kier molecular flexibility index (Phi) is 3.94. The third-order valence-corrected chi connectivity index (χ3v) is 3.08. The summed E-state index contributed by atoms with van der Waals surface area (Å²) < 4.78 is 5.02. The molecule has 0 aliphatic carbocycles. The normalized spacial score (nSPS) is 12.2. The Labute approximate surface area is 115 Å². The van der Waals surface area contributed by atoms with E-state index in [0.29, 0.717) is 10.0 Å². The molecule has 1 heterocycles. The van der Waals surface area contributed by atoms with E-state index in [1.165, 1.54) is 6.26 Å². The van der Waals surface area contributed by atoms with Gasteiger partial charge in [0.25, 0.3) is 5.91 Å². The van der Waals surface area contributed by atoms with E-state index in [1.807, 2.05) is 6.92 Å². The van der Waals surface area contributed by atoms with Gasteiger partial charge in [0.15, 0.2) is 5.76 Å². The van der Waals surface area contributed by atoms with Gasteiger partial charge in [-0.2, -0.15) is 0 Å². The summed E-state index contributed by atoms with van der Waals surface area (Å²) in [6, 6.07) is 8.21. The molecule has 0 saturated carbocycles. The van der Waals surface area contributed by atoms with E-state index in [-0.39, 0.29) is 17.7 Å². The smallest absolute Gasteiger partial charge is 0.287 e. The number of furan rings is 1. The lowest BCUT2D eigenvalue weighted by atomic mass is 10.1. The first-order valence-electron chi connectivity index (χ1n) is 5.37. The molecule has 0 bridgehead atoms. The van der Waals surface area contributed by atoms with Gasteiger partial charge in [0, 0.05) is 10.0 Å². The largest absolute Gasteiger partial charge is 0.459 e. The van der Waals surface area contributed by atoms with Crippen LogP contribution in [-0.2, 0) is 0 Å². The molecule has 0 spiro atoms. The molecule has 0 radical (unpaired) electrons. The highest BCUT2D eigenvalue weighted by atomic mass is 35.5. The number of amides is 1. The minimum absolute atomic E-state index is 0.229. The van der Waals surface area contributed by atoms with Gasteiger partial charge >= 0.3 is 0 Å². The highest BCUT2D eigenvalue weighted by Gasteiger charge is 2.15. The van der Waals surface area contributed by atoms with Crippen molar-refractivity contribution in [1.82, 2.24) is 5.32 Å². The van der Waals surface area contributed by atoms with Crippen LogP contribution in [0.25, 0.3) is 0 Å². The Hall–Kier alpha value is -1.45. The number of benzene rings is 1. The Bertz CT molecular complexity index is 552. The van der Waals surface area contributed by atoms with Crippen molar-refractivity contribution in [3.8, 4) is 0 Å². The van der Waals surface area contributed by atoms with Gasteiger partial charge in [-0.15, -0.1) is 0 Å². The van der Waals surface area contributed by atoms with Crippen LogP contribution in [0.15, 0.2) is 41.0 Å². The molecule has 94 valence electrons. The van der Waals surface area contributed by atoms with Crippen molar-refractivity contribution in [3.63, 3.8) is 0 Å². The van der Waals surface area contributed by atoms with Crippen molar-refractivity contribution < 1.29 is 9.21 Å². The minimum atomic E-state index is -0.279. The van der Waals surface area contributed by atoms with Crippen molar-refractivity contribution in [2.75, 3.05) is 0 Å². The molecule has 1 unspecified atom stereocenters. The maximum Gasteiger partial charge on any atom is 0.287 e. The zero-order chi connectivity index (χ0) is 13.1.